The van der Waals surface area contributed by atoms with Crippen LogP contribution in [0.25, 0.3) is 0 Å². The molecule has 0 spiro atoms. The summed E-state index contributed by atoms with van der Waals surface area (Å²) in [7, 11) is 0. The number of rotatable bonds is 9. The maximum absolute atomic E-state index is 12.0. The Labute approximate surface area is 118 Å². The Morgan fingerprint density at radius 1 is 1.00 bits per heavy atom. The van der Waals surface area contributed by atoms with Crippen molar-refractivity contribution in [2.45, 2.75) is 72.1 Å². The van der Waals surface area contributed by atoms with E-state index in [-0.39, 0.29) is 0 Å². The van der Waals surface area contributed by atoms with Crippen molar-refractivity contribution in [3.8, 4) is 0 Å². The van der Waals surface area contributed by atoms with E-state index in [0.29, 0.717) is 12.2 Å². The first kappa shape index (κ1) is 15.9. The zero-order valence-corrected chi connectivity index (χ0v) is 12.8. The van der Waals surface area contributed by atoms with Crippen molar-refractivity contribution in [3.05, 3.63) is 34.9 Å². The number of unbranched alkanes of at least 4 members (excludes halogenated alkanes) is 5. The molecule has 1 nitrogen and oxygen atoms in total. The average molecular weight is 260 g/mol. The minimum Gasteiger partial charge on any atom is -0.299 e. The lowest BCUT2D eigenvalue weighted by molar-refractivity contribution is -0.118. The summed E-state index contributed by atoms with van der Waals surface area (Å²) in [5, 5.41) is 0. The molecule has 0 radical (unpaired) electrons. The number of hydrogen-bond acceptors (Lipinski definition) is 1. The van der Waals surface area contributed by atoms with Crippen molar-refractivity contribution >= 4 is 5.78 Å². The van der Waals surface area contributed by atoms with E-state index in [9.17, 15) is 4.79 Å². The van der Waals surface area contributed by atoms with E-state index in [1.54, 1.807) is 0 Å². The first-order valence-electron chi connectivity index (χ1n) is 7.71. The molecule has 0 N–H and O–H groups in total. The van der Waals surface area contributed by atoms with Crippen LogP contribution in [0.4, 0.5) is 0 Å². The zero-order valence-electron chi connectivity index (χ0n) is 12.8. The summed E-state index contributed by atoms with van der Waals surface area (Å²) in [6.45, 7) is 6.40. The highest BCUT2D eigenvalue weighted by Crippen LogP contribution is 2.14. The summed E-state index contributed by atoms with van der Waals surface area (Å²) in [5.74, 6) is 0.393. The third-order valence-electron chi connectivity index (χ3n) is 3.70. The molecule has 0 bridgehead atoms. The fourth-order valence-corrected chi connectivity index (χ4v) is 2.39. The van der Waals surface area contributed by atoms with Gasteiger partial charge in [0.15, 0.2) is 0 Å². The Hall–Kier alpha value is -1.11. The molecule has 0 heterocycles. The largest absolute Gasteiger partial charge is 0.299 e. The summed E-state index contributed by atoms with van der Waals surface area (Å²) in [6, 6.07) is 6.37. The SMILES string of the molecule is CCCCCCCCC(=O)Cc1cc(C)ccc1C. The lowest BCUT2D eigenvalue weighted by atomic mass is 9.98. The highest BCUT2D eigenvalue weighted by Gasteiger charge is 2.06. The molecule has 1 aromatic rings. The van der Waals surface area contributed by atoms with Crippen LogP contribution < -0.4 is 0 Å². The Morgan fingerprint density at radius 3 is 2.42 bits per heavy atom. The van der Waals surface area contributed by atoms with Crippen LogP contribution in [0.5, 0.6) is 0 Å². The standard InChI is InChI=1S/C18H28O/c1-4-5-6-7-8-9-10-18(19)14-17-13-15(2)11-12-16(17)3/h11-13H,4-10,14H2,1-3H3. The Morgan fingerprint density at radius 2 is 1.68 bits per heavy atom. The number of ketones is 1. The molecule has 19 heavy (non-hydrogen) atoms. The minimum absolute atomic E-state index is 0.393. The average Bonchev–Trinajstić information content (AvgIpc) is 2.38. The summed E-state index contributed by atoms with van der Waals surface area (Å²) in [4.78, 5) is 12.0. The van der Waals surface area contributed by atoms with Gasteiger partial charge in [0.1, 0.15) is 5.78 Å². The molecule has 0 aliphatic carbocycles. The van der Waals surface area contributed by atoms with Gasteiger partial charge in [0.05, 0.1) is 0 Å². The van der Waals surface area contributed by atoms with Gasteiger partial charge >= 0.3 is 0 Å². The summed E-state index contributed by atoms with van der Waals surface area (Å²) in [5.41, 5.74) is 3.69. The molecule has 0 unspecified atom stereocenters. The topological polar surface area (TPSA) is 17.1 Å². The van der Waals surface area contributed by atoms with Crippen LogP contribution in [0.2, 0.25) is 0 Å². The maximum atomic E-state index is 12.0. The molecular weight excluding hydrogens is 232 g/mol. The maximum Gasteiger partial charge on any atom is 0.137 e. The number of carbonyl (C=O) groups is 1. The highest BCUT2D eigenvalue weighted by molar-refractivity contribution is 5.81. The van der Waals surface area contributed by atoms with Gasteiger partial charge in [-0.25, -0.2) is 0 Å². The van der Waals surface area contributed by atoms with Gasteiger partial charge in [-0.2, -0.15) is 0 Å². The fraction of sp³-hybridized carbons (Fsp3) is 0.611. The van der Waals surface area contributed by atoms with Crippen LogP contribution in [-0.2, 0) is 11.2 Å². The molecule has 0 saturated heterocycles. The molecule has 1 rings (SSSR count). The smallest absolute Gasteiger partial charge is 0.137 e. The van der Waals surface area contributed by atoms with E-state index >= 15 is 0 Å². The van der Waals surface area contributed by atoms with Crippen LogP contribution >= 0.6 is 0 Å². The molecule has 1 aromatic carbocycles. The normalized spacial score (nSPS) is 10.7. The number of carbonyl (C=O) groups excluding carboxylic acids is 1. The predicted octanol–water partition coefficient (Wildman–Crippen LogP) is 5.17. The van der Waals surface area contributed by atoms with Gasteiger partial charge in [-0.15, -0.1) is 0 Å². The van der Waals surface area contributed by atoms with E-state index in [1.807, 2.05) is 0 Å². The molecule has 1 heteroatoms. The second-order valence-corrected chi connectivity index (χ2v) is 5.66. The second-order valence-electron chi connectivity index (χ2n) is 5.66. The van der Waals surface area contributed by atoms with Crippen LogP contribution in [0.3, 0.4) is 0 Å². The second kappa shape index (κ2) is 8.90. The molecule has 106 valence electrons. The van der Waals surface area contributed by atoms with Gasteiger partial charge in [-0.3, -0.25) is 4.79 Å². The molecule has 0 aliphatic rings. The summed E-state index contributed by atoms with van der Waals surface area (Å²) in [6.07, 6.45) is 8.85. The van der Waals surface area contributed by atoms with E-state index in [0.717, 1.165) is 12.8 Å². The first-order chi connectivity index (χ1) is 9.13. The van der Waals surface area contributed by atoms with E-state index in [4.69, 9.17) is 0 Å². The molecule has 0 amide bonds. The first-order valence-corrected chi connectivity index (χ1v) is 7.71. The third kappa shape index (κ3) is 6.56. The van der Waals surface area contributed by atoms with Crippen molar-refractivity contribution < 1.29 is 4.79 Å². The Kier molecular flexibility index (Phi) is 7.47. The van der Waals surface area contributed by atoms with Crippen LogP contribution in [-0.4, -0.2) is 5.78 Å². The van der Waals surface area contributed by atoms with Crippen molar-refractivity contribution in [3.63, 3.8) is 0 Å². The lowest BCUT2D eigenvalue weighted by Gasteiger charge is -2.06. The number of hydrogen-bond donors (Lipinski definition) is 0. The van der Waals surface area contributed by atoms with Crippen LogP contribution in [0.1, 0.15) is 68.6 Å². The third-order valence-corrected chi connectivity index (χ3v) is 3.70. The van der Waals surface area contributed by atoms with Crippen LogP contribution in [0, 0.1) is 13.8 Å². The Balaban J connectivity index is 2.25. The van der Waals surface area contributed by atoms with Gasteiger partial charge in [0, 0.05) is 12.8 Å². The molecule has 0 aliphatic heterocycles. The van der Waals surface area contributed by atoms with E-state index in [1.165, 1.54) is 48.8 Å². The predicted molar refractivity (Wildman–Crippen MR) is 82.6 cm³/mol. The quantitative estimate of drug-likeness (QED) is 0.560. The lowest BCUT2D eigenvalue weighted by Crippen LogP contribution is -2.04. The molecule has 0 saturated carbocycles. The molecule has 0 fully saturated rings. The van der Waals surface area contributed by atoms with Gasteiger partial charge in [-0.05, 0) is 31.4 Å². The van der Waals surface area contributed by atoms with Gasteiger partial charge in [0.25, 0.3) is 0 Å². The minimum atomic E-state index is 0.393. The van der Waals surface area contributed by atoms with Crippen LogP contribution in [0.15, 0.2) is 18.2 Å². The monoisotopic (exact) mass is 260 g/mol. The molecule has 0 aromatic heterocycles. The molecule has 0 atom stereocenters. The number of benzene rings is 1. The van der Waals surface area contributed by atoms with Gasteiger partial charge < -0.3 is 0 Å². The summed E-state index contributed by atoms with van der Waals surface area (Å²) < 4.78 is 0. The van der Waals surface area contributed by atoms with Crippen molar-refractivity contribution in [2.75, 3.05) is 0 Å². The fourth-order valence-electron chi connectivity index (χ4n) is 2.39. The van der Waals surface area contributed by atoms with E-state index in [2.05, 4.69) is 39.0 Å². The van der Waals surface area contributed by atoms with Crippen molar-refractivity contribution in [1.82, 2.24) is 0 Å². The van der Waals surface area contributed by atoms with E-state index < -0.39 is 0 Å². The number of Topliss-reactive ketones (excluding diaryl/α,β-unsaturated/α-hetero) is 1. The van der Waals surface area contributed by atoms with Crippen molar-refractivity contribution in [2.24, 2.45) is 0 Å². The Bertz CT molecular complexity index is 393. The van der Waals surface area contributed by atoms with Gasteiger partial charge in [-0.1, -0.05) is 62.8 Å². The van der Waals surface area contributed by atoms with Gasteiger partial charge in [0.2, 0.25) is 0 Å². The molecular formula is C18H28O. The zero-order chi connectivity index (χ0) is 14.1. The number of aryl methyl sites for hydroxylation is 2. The van der Waals surface area contributed by atoms with Crippen molar-refractivity contribution in [1.29, 1.82) is 0 Å². The highest BCUT2D eigenvalue weighted by atomic mass is 16.1. The summed E-state index contributed by atoms with van der Waals surface area (Å²) >= 11 is 0.